The van der Waals surface area contributed by atoms with Crippen LogP contribution in [0.4, 0.5) is 0 Å². The number of carbonyl (C=O) groups is 1. The van der Waals surface area contributed by atoms with Crippen molar-refractivity contribution in [3.63, 3.8) is 0 Å². The van der Waals surface area contributed by atoms with Crippen LogP contribution in [0.1, 0.15) is 23.3 Å². The first-order valence-corrected chi connectivity index (χ1v) is 5.80. The SMILES string of the molecule is NCCn1cnc(C(=O)NCC2(CO)CC2)c1. The Morgan fingerprint density at radius 1 is 1.65 bits per heavy atom. The minimum atomic E-state index is -0.194. The van der Waals surface area contributed by atoms with Crippen LogP contribution in [0, 0.1) is 5.41 Å². The molecule has 1 heterocycles. The molecule has 1 fully saturated rings. The van der Waals surface area contributed by atoms with E-state index in [-0.39, 0.29) is 17.9 Å². The third-order valence-electron chi connectivity index (χ3n) is 3.17. The number of imidazole rings is 1. The van der Waals surface area contributed by atoms with Crippen LogP contribution < -0.4 is 11.1 Å². The first-order valence-electron chi connectivity index (χ1n) is 5.80. The van der Waals surface area contributed by atoms with Crippen molar-refractivity contribution in [3.05, 3.63) is 18.2 Å². The molecule has 0 radical (unpaired) electrons. The van der Waals surface area contributed by atoms with Gasteiger partial charge in [-0.1, -0.05) is 0 Å². The van der Waals surface area contributed by atoms with Crippen molar-refractivity contribution in [1.29, 1.82) is 0 Å². The van der Waals surface area contributed by atoms with E-state index in [2.05, 4.69) is 10.3 Å². The van der Waals surface area contributed by atoms with Gasteiger partial charge >= 0.3 is 0 Å². The van der Waals surface area contributed by atoms with Gasteiger partial charge in [-0.15, -0.1) is 0 Å². The molecule has 1 aromatic heterocycles. The van der Waals surface area contributed by atoms with Crippen LogP contribution in [0.25, 0.3) is 0 Å². The van der Waals surface area contributed by atoms with Crippen molar-refractivity contribution in [2.45, 2.75) is 19.4 Å². The van der Waals surface area contributed by atoms with Gasteiger partial charge in [-0.25, -0.2) is 4.98 Å². The van der Waals surface area contributed by atoms with E-state index in [1.165, 1.54) is 0 Å². The normalized spacial score (nSPS) is 16.8. The second kappa shape index (κ2) is 4.85. The molecule has 1 aromatic rings. The topological polar surface area (TPSA) is 93.2 Å². The summed E-state index contributed by atoms with van der Waals surface area (Å²) in [5.41, 5.74) is 5.73. The molecule has 0 aromatic carbocycles. The Kier molecular flexibility index (Phi) is 3.44. The highest BCUT2D eigenvalue weighted by Gasteiger charge is 2.42. The van der Waals surface area contributed by atoms with Gasteiger partial charge in [0.1, 0.15) is 5.69 Å². The smallest absolute Gasteiger partial charge is 0.271 e. The molecule has 0 saturated heterocycles. The van der Waals surface area contributed by atoms with Crippen LogP contribution in [-0.4, -0.2) is 40.3 Å². The lowest BCUT2D eigenvalue weighted by atomic mass is 10.1. The number of nitrogens with one attached hydrogen (secondary N) is 1. The average molecular weight is 238 g/mol. The number of nitrogens with two attached hydrogens (primary N) is 1. The lowest BCUT2D eigenvalue weighted by Crippen LogP contribution is -2.32. The fourth-order valence-electron chi connectivity index (χ4n) is 1.67. The lowest BCUT2D eigenvalue weighted by Gasteiger charge is -2.11. The monoisotopic (exact) mass is 238 g/mol. The van der Waals surface area contributed by atoms with Crippen LogP contribution in [0.15, 0.2) is 12.5 Å². The minimum absolute atomic E-state index is 0.0739. The van der Waals surface area contributed by atoms with Crippen LogP contribution in [0.3, 0.4) is 0 Å². The number of rotatable bonds is 6. The number of aliphatic hydroxyl groups excluding tert-OH is 1. The molecule has 17 heavy (non-hydrogen) atoms. The molecule has 2 rings (SSSR count). The van der Waals surface area contributed by atoms with Crippen molar-refractivity contribution < 1.29 is 9.90 Å². The van der Waals surface area contributed by atoms with E-state index in [1.807, 2.05) is 0 Å². The third kappa shape index (κ3) is 2.83. The van der Waals surface area contributed by atoms with Gasteiger partial charge in [0.05, 0.1) is 12.9 Å². The summed E-state index contributed by atoms with van der Waals surface area (Å²) in [7, 11) is 0. The van der Waals surface area contributed by atoms with E-state index in [0.29, 0.717) is 25.3 Å². The van der Waals surface area contributed by atoms with E-state index in [9.17, 15) is 4.79 Å². The highest BCUT2D eigenvalue weighted by Crippen LogP contribution is 2.44. The predicted octanol–water partition coefficient (Wildman–Crippen LogP) is -0.656. The van der Waals surface area contributed by atoms with Gasteiger partial charge in [-0.3, -0.25) is 4.79 Å². The Balaban J connectivity index is 1.86. The van der Waals surface area contributed by atoms with Gasteiger partial charge in [0.25, 0.3) is 5.91 Å². The zero-order chi connectivity index (χ0) is 12.3. The van der Waals surface area contributed by atoms with E-state index in [4.69, 9.17) is 10.8 Å². The molecule has 1 aliphatic carbocycles. The molecule has 0 aliphatic heterocycles. The van der Waals surface area contributed by atoms with Gasteiger partial charge in [0.2, 0.25) is 0 Å². The summed E-state index contributed by atoms with van der Waals surface area (Å²) in [6.45, 7) is 1.83. The van der Waals surface area contributed by atoms with Crippen molar-refractivity contribution in [1.82, 2.24) is 14.9 Å². The van der Waals surface area contributed by atoms with E-state index in [0.717, 1.165) is 12.8 Å². The molecular formula is C11H18N4O2. The first-order chi connectivity index (χ1) is 8.19. The largest absolute Gasteiger partial charge is 0.396 e. The Bertz CT molecular complexity index is 398. The maximum absolute atomic E-state index is 11.8. The maximum atomic E-state index is 11.8. The van der Waals surface area contributed by atoms with Gasteiger partial charge in [-0.2, -0.15) is 0 Å². The number of aliphatic hydroxyl groups is 1. The number of amides is 1. The number of carbonyl (C=O) groups excluding carboxylic acids is 1. The van der Waals surface area contributed by atoms with Gasteiger partial charge in [0.15, 0.2) is 0 Å². The number of aromatic nitrogens is 2. The number of nitrogens with zero attached hydrogens (tertiary/aromatic N) is 2. The standard InChI is InChI=1S/C11H18N4O2/c12-3-4-15-5-9(14-8-15)10(17)13-6-11(7-16)1-2-11/h5,8,16H,1-4,6-7,12H2,(H,13,17). The van der Waals surface area contributed by atoms with Gasteiger partial charge < -0.3 is 20.7 Å². The van der Waals surface area contributed by atoms with Gasteiger partial charge in [-0.05, 0) is 12.8 Å². The number of hydrogen-bond acceptors (Lipinski definition) is 4. The molecule has 4 N–H and O–H groups in total. The zero-order valence-electron chi connectivity index (χ0n) is 9.72. The lowest BCUT2D eigenvalue weighted by molar-refractivity contribution is 0.0930. The average Bonchev–Trinajstić information content (AvgIpc) is 2.98. The van der Waals surface area contributed by atoms with Crippen molar-refractivity contribution in [2.24, 2.45) is 11.1 Å². The Morgan fingerprint density at radius 2 is 2.41 bits per heavy atom. The van der Waals surface area contributed by atoms with E-state index in [1.54, 1.807) is 17.1 Å². The molecule has 0 unspecified atom stereocenters. The summed E-state index contributed by atoms with van der Waals surface area (Å²) >= 11 is 0. The van der Waals surface area contributed by atoms with Crippen molar-refractivity contribution in [3.8, 4) is 0 Å². The Hall–Kier alpha value is -1.40. The third-order valence-corrected chi connectivity index (χ3v) is 3.17. The molecule has 0 atom stereocenters. The first kappa shape index (κ1) is 12.1. The molecule has 94 valence electrons. The molecular weight excluding hydrogens is 220 g/mol. The summed E-state index contributed by atoms with van der Waals surface area (Å²) in [6, 6.07) is 0. The summed E-state index contributed by atoms with van der Waals surface area (Å²) in [5.74, 6) is -0.194. The quantitative estimate of drug-likeness (QED) is 0.613. The summed E-state index contributed by atoms with van der Waals surface area (Å²) in [6.07, 6.45) is 5.23. The molecule has 0 spiro atoms. The zero-order valence-corrected chi connectivity index (χ0v) is 9.72. The molecule has 0 bridgehead atoms. The fraction of sp³-hybridized carbons (Fsp3) is 0.636. The Labute approximate surface area is 99.8 Å². The highest BCUT2D eigenvalue weighted by molar-refractivity contribution is 5.92. The second-order valence-electron chi connectivity index (χ2n) is 4.63. The number of hydrogen-bond donors (Lipinski definition) is 3. The van der Waals surface area contributed by atoms with Crippen LogP contribution >= 0.6 is 0 Å². The second-order valence-corrected chi connectivity index (χ2v) is 4.63. The van der Waals surface area contributed by atoms with Crippen LogP contribution in [0.2, 0.25) is 0 Å². The fourth-order valence-corrected chi connectivity index (χ4v) is 1.67. The van der Waals surface area contributed by atoms with E-state index < -0.39 is 0 Å². The summed E-state index contributed by atoms with van der Waals surface area (Å²) in [5, 5.41) is 11.9. The predicted molar refractivity (Wildman–Crippen MR) is 62.4 cm³/mol. The molecule has 1 aliphatic rings. The molecule has 6 heteroatoms. The summed E-state index contributed by atoms with van der Waals surface area (Å²) in [4.78, 5) is 15.8. The van der Waals surface area contributed by atoms with Gasteiger partial charge in [0, 0.05) is 31.2 Å². The molecule has 6 nitrogen and oxygen atoms in total. The Morgan fingerprint density at radius 3 is 3.00 bits per heavy atom. The van der Waals surface area contributed by atoms with E-state index >= 15 is 0 Å². The highest BCUT2D eigenvalue weighted by atomic mass is 16.3. The molecule has 1 saturated carbocycles. The van der Waals surface area contributed by atoms with Crippen molar-refractivity contribution in [2.75, 3.05) is 19.7 Å². The molecule has 1 amide bonds. The summed E-state index contributed by atoms with van der Waals surface area (Å²) < 4.78 is 1.79. The van der Waals surface area contributed by atoms with Crippen LogP contribution in [-0.2, 0) is 6.54 Å². The van der Waals surface area contributed by atoms with Crippen LogP contribution in [0.5, 0.6) is 0 Å². The minimum Gasteiger partial charge on any atom is -0.396 e. The van der Waals surface area contributed by atoms with Crippen molar-refractivity contribution >= 4 is 5.91 Å². The maximum Gasteiger partial charge on any atom is 0.271 e.